The summed E-state index contributed by atoms with van der Waals surface area (Å²) in [6.45, 7) is 2.05. The molecule has 1 aliphatic carbocycles. The first kappa shape index (κ1) is 10.6. The first-order chi connectivity index (χ1) is 7.08. The molecular weight excluding hydrogens is 215 g/mol. The highest BCUT2D eigenvalue weighted by Gasteiger charge is 2.38. The fourth-order valence-corrected chi connectivity index (χ4v) is 1.95. The molecule has 0 bridgehead atoms. The van der Waals surface area contributed by atoms with E-state index in [1.54, 1.807) is 0 Å². The molecule has 0 radical (unpaired) electrons. The molecule has 2 rings (SSSR count). The van der Waals surface area contributed by atoms with E-state index < -0.39 is 0 Å². The van der Waals surface area contributed by atoms with Crippen molar-refractivity contribution < 1.29 is 9.18 Å². The van der Waals surface area contributed by atoms with Crippen molar-refractivity contribution in [3.8, 4) is 0 Å². The van der Waals surface area contributed by atoms with Gasteiger partial charge in [0.2, 0.25) is 0 Å². The Morgan fingerprint density at radius 1 is 1.60 bits per heavy atom. The zero-order valence-electron chi connectivity index (χ0n) is 8.47. The summed E-state index contributed by atoms with van der Waals surface area (Å²) in [5.41, 5.74) is 0.598. The third kappa shape index (κ3) is 2.37. The maximum atomic E-state index is 12.9. The first-order valence-electron chi connectivity index (χ1n) is 5.04. The van der Waals surface area contributed by atoms with E-state index in [1.807, 2.05) is 0 Å². The van der Waals surface area contributed by atoms with Crippen LogP contribution in [0.25, 0.3) is 0 Å². The van der Waals surface area contributed by atoms with Crippen LogP contribution in [-0.4, -0.2) is 5.78 Å². The van der Waals surface area contributed by atoms with Crippen LogP contribution in [0.15, 0.2) is 18.2 Å². The van der Waals surface area contributed by atoms with Gasteiger partial charge in [0.25, 0.3) is 0 Å². The van der Waals surface area contributed by atoms with Gasteiger partial charge in [0.1, 0.15) is 11.6 Å². The average molecular weight is 227 g/mol. The van der Waals surface area contributed by atoms with Crippen molar-refractivity contribution >= 4 is 17.4 Å². The second kappa shape index (κ2) is 3.93. The van der Waals surface area contributed by atoms with E-state index in [4.69, 9.17) is 11.6 Å². The number of rotatable bonds is 3. The number of benzene rings is 1. The smallest absolute Gasteiger partial charge is 0.140 e. The Kier molecular flexibility index (Phi) is 2.79. The van der Waals surface area contributed by atoms with Gasteiger partial charge in [-0.2, -0.15) is 0 Å². The van der Waals surface area contributed by atoms with Crippen LogP contribution in [0, 0.1) is 17.7 Å². The second-order valence-corrected chi connectivity index (χ2v) is 4.61. The number of hydrogen-bond acceptors (Lipinski definition) is 1. The minimum atomic E-state index is -0.342. The molecule has 0 aliphatic heterocycles. The second-order valence-electron chi connectivity index (χ2n) is 4.20. The predicted octanol–water partition coefficient (Wildman–Crippen LogP) is 3.25. The molecule has 15 heavy (non-hydrogen) atoms. The zero-order chi connectivity index (χ0) is 11.0. The van der Waals surface area contributed by atoms with Crippen LogP contribution < -0.4 is 0 Å². The summed E-state index contributed by atoms with van der Waals surface area (Å²) in [5.74, 6) is 0.496. The molecule has 0 heterocycles. The molecule has 1 saturated carbocycles. The fraction of sp³-hybridized carbons (Fsp3) is 0.417. The van der Waals surface area contributed by atoms with E-state index in [0.717, 1.165) is 6.42 Å². The lowest BCUT2D eigenvalue weighted by atomic mass is 10.1. The summed E-state index contributed by atoms with van der Waals surface area (Å²) in [6, 6.07) is 4.14. The lowest BCUT2D eigenvalue weighted by Crippen LogP contribution is -2.06. The molecule has 0 saturated heterocycles. The Hall–Kier alpha value is -0.890. The number of halogens is 2. The van der Waals surface area contributed by atoms with Gasteiger partial charge in [0.05, 0.1) is 0 Å². The van der Waals surface area contributed by atoms with Gasteiger partial charge >= 0.3 is 0 Å². The number of carbonyl (C=O) groups is 1. The molecule has 1 fully saturated rings. The van der Waals surface area contributed by atoms with Gasteiger partial charge in [-0.1, -0.05) is 18.5 Å². The quantitative estimate of drug-likeness (QED) is 0.773. The topological polar surface area (TPSA) is 17.1 Å². The summed E-state index contributed by atoms with van der Waals surface area (Å²) in [6.07, 6.45) is 1.22. The molecule has 80 valence electrons. The fourth-order valence-electron chi connectivity index (χ4n) is 1.77. The Bertz CT molecular complexity index is 403. The molecule has 2 unspecified atom stereocenters. The maximum Gasteiger partial charge on any atom is 0.140 e. The van der Waals surface area contributed by atoms with E-state index >= 15 is 0 Å². The number of carbonyl (C=O) groups excluding carboxylic acids is 1. The number of hydrogen-bond donors (Lipinski definition) is 0. The van der Waals surface area contributed by atoms with E-state index in [0.29, 0.717) is 16.5 Å². The van der Waals surface area contributed by atoms with Crippen molar-refractivity contribution in [1.29, 1.82) is 0 Å². The Balaban J connectivity index is 2.10. The monoisotopic (exact) mass is 226 g/mol. The molecule has 0 amide bonds. The highest BCUT2D eigenvalue weighted by molar-refractivity contribution is 6.31. The minimum absolute atomic E-state index is 0.171. The SMILES string of the molecule is CC1CC1C(=O)Cc1cc(F)ccc1Cl. The molecule has 0 spiro atoms. The molecule has 3 heteroatoms. The van der Waals surface area contributed by atoms with E-state index in [1.165, 1.54) is 18.2 Å². The Morgan fingerprint density at radius 3 is 2.87 bits per heavy atom. The minimum Gasteiger partial charge on any atom is -0.299 e. The van der Waals surface area contributed by atoms with Gasteiger partial charge in [-0.15, -0.1) is 0 Å². The summed E-state index contributed by atoms with van der Waals surface area (Å²) in [5, 5.41) is 0.470. The summed E-state index contributed by atoms with van der Waals surface area (Å²) in [7, 11) is 0. The summed E-state index contributed by atoms with van der Waals surface area (Å²) >= 11 is 5.88. The van der Waals surface area contributed by atoms with E-state index in [9.17, 15) is 9.18 Å². The van der Waals surface area contributed by atoms with Crippen LogP contribution in [0.2, 0.25) is 5.02 Å². The zero-order valence-corrected chi connectivity index (χ0v) is 9.22. The summed E-state index contributed by atoms with van der Waals surface area (Å²) in [4.78, 5) is 11.7. The highest BCUT2D eigenvalue weighted by Crippen LogP contribution is 2.39. The van der Waals surface area contributed by atoms with Crippen LogP contribution in [-0.2, 0) is 11.2 Å². The van der Waals surface area contributed by atoms with Crippen molar-refractivity contribution in [3.63, 3.8) is 0 Å². The van der Waals surface area contributed by atoms with E-state index in [2.05, 4.69) is 6.92 Å². The van der Waals surface area contributed by atoms with Crippen LogP contribution in [0.1, 0.15) is 18.9 Å². The van der Waals surface area contributed by atoms with Crippen molar-refractivity contribution in [2.24, 2.45) is 11.8 Å². The molecule has 0 aromatic heterocycles. The van der Waals surface area contributed by atoms with Crippen LogP contribution in [0.3, 0.4) is 0 Å². The van der Waals surface area contributed by atoms with E-state index in [-0.39, 0.29) is 23.9 Å². The molecule has 1 aliphatic rings. The largest absolute Gasteiger partial charge is 0.299 e. The van der Waals surface area contributed by atoms with Gasteiger partial charge < -0.3 is 0 Å². The van der Waals surface area contributed by atoms with Crippen molar-refractivity contribution in [1.82, 2.24) is 0 Å². The van der Waals surface area contributed by atoms with Crippen molar-refractivity contribution in [3.05, 3.63) is 34.6 Å². The molecule has 1 nitrogen and oxygen atoms in total. The van der Waals surface area contributed by atoms with Gasteiger partial charge in [-0.05, 0) is 36.1 Å². The normalized spacial score (nSPS) is 23.9. The van der Waals surface area contributed by atoms with Gasteiger partial charge in [-0.3, -0.25) is 4.79 Å². The predicted molar refractivity (Wildman–Crippen MR) is 57.4 cm³/mol. The lowest BCUT2D eigenvalue weighted by Gasteiger charge is -2.03. The molecule has 2 atom stereocenters. The highest BCUT2D eigenvalue weighted by atomic mass is 35.5. The van der Waals surface area contributed by atoms with Crippen LogP contribution in [0.4, 0.5) is 4.39 Å². The van der Waals surface area contributed by atoms with Crippen LogP contribution in [0.5, 0.6) is 0 Å². The Labute approximate surface area is 93.2 Å². The summed E-state index contributed by atoms with van der Waals surface area (Å²) < 4.78 is 12.9. The third-order valence-electron chi connectivity index (χ3n) is 2.90. The number of ketones is 1. The third-order valence-corrected chi connectivity index (χ3v) is 3.26. The Morgan fingerprint density at radius 2 is 2.27 bits per heavy atom. The first-order valence-corrected chi connectivity index (χ1v) is 5.42. The van der Waals surface area contributed by atoms with Gasteiger partial charge in [0.15, 0.2) is 0 Å². The van der Waals surface area contributed by atoms with Crippen molar-refractivity contribution in [2.45, 2.75) is 19.8 Å². The number of Topliss-reactive ketones (excluding diaryl/α,β-unsaturated/α-hetero) is 1. The molecule has 0 N–H and O–H groups in total. The van der Waals surface area contributed by atoms with Gasteiger partial charge in [0, 0.05) is 17.4 Å². The standard InChI is InChI=1S/C12H12ClFO/c1-7-4-10(7)12(15)6-8-5-9(14)2-3-11(8)13/h2-3,5,7,10H,4,6H2,1H3. The molecule has 1 aromatic carbocycles. The maximum absolute atomic E-state index is 12.9. The van der Waals surface area contributed by atoms with Crippen molar-refractivity contribution in [2.75, 3.05) is 0 Å². The average Bonchev–Trinajstić information content (AvgIpc) is 2.89. The lowest BCUT2D eigenvalue weighted by molar-refractivity contribution is -0.119. The van der Waals surface area contributed by atoms with Gasteiger partial charge in [-0.25, -0.2) is 4.39 Å². The molecule has 1 aromatic rings. The van der Waals surface area contributed by atoms with Crippen LogP contribution >= 0.6 is 11.6 Å². The molecular formula is C12H12ClFO.